The Morgan fingerprint density at radius 3 is 2.65 bits per heavy atom. The number of anilines is 1. The third kappa shape index (κ3) is 4.11. The van der Waals surface area contributed by atoms with Crippen LogP contribution in [0.1, 0.15) is 39.6 Å². The molecule has 2 N–H and O–H groups in total. The summed E-state index contributed by atoms with van der Waals surface area (Å²) in [5, 5.41) is 5.75. The van der Waals surface area contributed by atoms with Crippen LogP contribution in [0.4, 0.5) is 5.69 Å². The third-order valence-corrected chi connectivity index (χ3v) is 4.41. The Bertz CT molecular complexity index is 783. The lowest BCUT2D eigenvalue weighted by Crippen LogP contribution is -2.32. The molecule has 2 heterocycles. The largest absolute Gasteiger partial charge is 0.349 e. The fourth-order valence-corrected chi connectivity index (χ4v) is 3.08. The zero-order valence-electron chi connectivity index (χ0n) is 15.3. The molecule has 0 unspecified atom stereocenters. The van der Waals surface area contributed by atoms with Gasteiger partial charge in [-0.25, -0.2) is 4.98 Å². The smallest absolute Gasteiger partial charge is 0.291 e. The molecule has 0 bridgehead atoms. The van der Waals surface area contributed by atoms with Crippen molar-refractivity contribution < 1.29 is 9.59 Å². The van der Waals surface area contributed by atoms with Gasteiger partial charge in [0, 0.05) is 25.3 Å². The predicted molar refractivity (Wildman–Crippen MR) is 100 cm³/mol. The second kappa shape index (κ2) is 8.14. The maximum absolute atomic E-state index is 12.7. The quantitative estimate of drug-likeness (QED) is 0.828. The lowest BCUT2D eigenvalue weighted by Gasteiger charge is -2.17. The molecule has 1 aliphatic rings. The van der Waals surface area contributed by atoms with E-state index >= 15 is 0 Å². The Hall–Kier alpha value is -2.67. The topological polar surface area (TPSA) is 79.3 Å². The van der Waals surface area contributed by atoms with Gasteiger partial charge in [-0.1, -0.05) is 18.2 Å². The Labute approximate surface area is 153 Å². The van der Waals surface area contributed by atoms with Gasteiger partial charge in [-0.2, -0.15) is 0 Å². The standard InChI is InChI=1S/C19H25N5O2/c1-23(2)13-11-20-18(25)16-15-10-6-7-12-24(15)17(22-16)19(26)21-14-8-4-3-5-9-14/h3-5,8-9H,6-7,10-13H2,1-2H3,(H,20,25)(H,21,26). The van der Waals surface area contributed by atoms with Crippen molar-refractivity contribution in [3.05, 3.63) is 47.5 Å². The zero-order valence-corrected chi connectivity index (χ0v) is 15.3. The number of hydrogen-bond acceptors (Lipinski definition) is 4. The second-order valence-electron chi connectivity index (χ2n) is 6.72. The molecule has 26 heavy (non-hydrogen) atoms. The van der Waals surface area contributed by atoms with Gasteiger partial charge in [0.1, 0.15) is 5.69 Å². The van der Waals surface area contributed by atoms with Crippen LogP contribution in [0.15, 0.2) is 30.3 Å². The first-order valence-corrected chi connectivity index (χ1v) is 8.95. The molecule has 0 fully saturated rings. The van der Waals surface area contributed by atoms with E-state index in [2.05, 4.69) is 15.6 Å². The summed E-state index contributed by atoms with van der Waals surface area (Å²) in [4.78, 5) is 31.7. The molecule has 0 spiro atoms. The van der Waals surface area contributed by atoms with Gasteiger partial charge in [0.15, 0.2) is 5.82 Å². The highest BCUT2D eigenvalue weighted by atomic mass is 16.2. The van der Waals surface area contributed by atoms with Crippen LogP contribution >= 0.6 is 0 Å². The number of fused-ring (bicyclic) bond motifs is 1. The maximum Gasteiger partial charge on any atom is 0.291 e. The van der Waals surface area contributed by atoms with Gasteiger partial charge in [-0.15, -0.1) is 0 Å². The van der Waals surface area contributed by atoms with E-state index in [1.165, 1.54) is 0 Å². The van der Waals surface area contributed by atoms with Gasteiger partial charge in [0.25, 0.3) is 11.8 Å². The minimum Gasteiger partial charge on any atom is -0.349 e. The molecule has 138 valence electrons. The molecular weight excluding hydrogens is 330 g/mol. The summed E-state index contributed by atoms with van der Waals surface area (Å²) in [5.41, 5.74) is 1.95. The lowest BCUT2D eigenvalue weighted by molar-refractivity contribution is 0.0945. The van der Waals surface area contributed by atoms with Crippen LogP contribution in [0.25, 0.3) is 0 Å². The molecule has 7 heteroatoms. The van der Waals surface area contributed by atoms with Gasteiger partial charge < -0.3 is 20.1 Å². The minimum absolute atomic E-state index is 0.212. The Kier molecular flexibility index (Phi) is 5.68. The minimum atomic E-state index is -0.285. The fraction of sp³-hybridized carbons (Fsp3) is 0.421. The summed E-state index contributed by atoms with van der Waals surface area (Å²) in [6.07, 6.45) is 2.75. The van der Waals surface area contributed by atoms with Crippen LogP contribution in [-0.2, 0) is 13.0 Å². The van der Waals surface area contributed by atoms with Crippen molar-refractivity contribution in [1.82, 2.24) is 19.8 Å². The number of benzene rings is 1. The van der Waals surface area contributed by atoms with Gasteiger partial charge in [-0.3, -0.25) is 9.59 Å². The van der Waals surface area contributed by atoms with Gasteiger partial charge >= 0.3 is 0 Å². The third-order valence-electron chi connectivity index (χ3n) is 4.41. The number of likely N-dealkylation sites (N-methyl/N-ethyl adjacent to an activating group) is 1. The summed E-state index contributed by atoms with van der Waals surface area (Å²) in [6, 6.07) is 9.27. The van der Waals surface area contributed by atoms with E-state index in [0.717, 1.165) is 31.5 Å². The number of amides is 2. The number of rotatable bonds is 6. The number of carbonyl (C=O) groups excluding carboxylic acids is 2. The average molecular weight is 355 g/mol. The Morgan fingerprint density at radius 1 is 1.15 bits per heavy atom. The molecule has 0 saturated carbocycles. The molecular formula is C19H25N5O2. The van der Waals surface area contributed by atoms with Crippen LogP contribution in [0.2, 0.25) is 0 Å². The number of carbonyl (C=O) groups is 2. The zero-order chi connectivity index (χ0) is 18.5. The summed E-state index contributed by atoms with van der Waals surface area (Å²) >= 11 is 0. The van der Waals surface area contributed by atoms with E-state index in [1.54, 1.807) is 0 Å². The molecule has 0 aliphatic carbocycles. The Balaban J connectivity index is 1.81. The van der Waals surface area contributed by atoms with E-state index in [9.17, 15) is 9.59 Å². The summed E-state index contributed by atoms with van der Waals surface area (Å²) in [5.74, 6) is -0.190. The van der Waals surface area contributed by atoms with Crippen molar-refractivity contribution in [2.75, 3.05) is 32.5 Å². The first-order valence-electron chi connectivity index (χ1n) is 8.95. The van der Waals surface area contributed by atoms with Crippen LogP contribution in [0.5, 0.6) is 0 Å². The molecule has 0 atom stereocenters. The van der Waals surface area contributed by atoms with Crippen molar-refractivity contribution in [1.29, 1.82) is 0 Å². The van der Waals surface area contributed by atoms with Crippen molar-refractivity contribution >= 4 is 17.5 Å². The molecule has 0 radical (unpaired) electrons. The number of para-hydroxylation sites is 1. The van der Waals surface area contributed by atoms with Gasteiger partial charge in [0.2, 0.25) is 0 Å². The maximum atomic E-state index is 12.7. The number of nitrogens with one attached hydrogen (secondary N) is 2. The van der Waals surface area contributed by atoms with Crippen LogP contribution in [0, 0.1) is 0 Å². The van der Waals surface area contributed by atoms with E-state index < -0.39 is 0 Å². The summed E-state index contributed by atoms with van der Waals surface area (Å²) < 4.78 is 1.89. The fourth-order valence-electron chi connectivity index (χ4n) is 3.08. The summed E-state index contributed by atoms with van der Waals surface area (Å²) in [6.45, 7) is 2.01. The molecule has 0 saturated heterocycles. The Morgan fingerprint density at radius 2 is 1.92 bits per heavy atom. The van der Waals surface area contributed by atoms with Crippen molar-refractivity contribution in [3.8, 4) is 0 Å². The predicted octanol–water partition coefficient (Wildman–Crippen LogP) is 1.76. The van der Waals surface area contributed by atoms with E-state index in [1.807, 2.05) is 53.9 Å². The highest BCUT2D eigenvalue weighted by molar-refractivity contribution is 6.03. The lowest BCUT2D eigenvalue weighted by atomic mass is 10.1. The van der Waals surface area contributed by atoms with Gasteiger partial charge in [0.05, 0.1) is 5.69 Å². The van der Waals surface area contributed by atoms with Crippen LogP contribution in [-0.4, -0.2) is 53.5 Å². The first kappa shape index (κ1) is 18.1. The van der Waals surface area contributed by atoms with Crippen LogP contribution < -0.4 is 10.6 Å². The SMILES string of the molecule is CN(C)CCNC(=O)c1nc(C(=O)Nc2ccccc2)n2c1CCCC2. The molecule has 1 aliphatic heterocycles. The van der Waals surface area contributed by atoms with Crippen molar-refractivity contribution in [2.24, 2.45) is 0 Å². The number of imidazole rings is 1. The number of hydrogen-bond donors (Lipinski definition) is 2. The van der Waals surface area contributed by atoms with Crippen LogP contribution in [0.3, 0.4) is 0 Å². The number of aromatic nitrogens is 2. The van der Waals surface area contributed by atoms with E-state index in [4.69, 9.17) is 0 Å². The van der Waals surface area contributed by atoms with Crippen molar-refractivity contribution in [3.63, 3.8) is 0 Å². The van der Waals surface area contributed by atoms with E-state index in [0.29, 0.717) is 30.3 Å². The highest BCUT2D eigenvalue weighted by Gasteiger charge is 2.27. The van der Waals surface area contributed by atoms with Gasteiger partial charge in [-0.05, 0) is 45.5 Å². The number of nitrogens with zero attached hydrogens (tertiary/aromatic N) is 3. The first-order chi connectivity index (χ1) is 12.6. The molecule has 3 rings (SSSR count). The molecule has 2 amide bonds. The molecule has 1 aromatic carbocycles. The van der Waals surface area contributed by atoms with E-state index in [-0.39, 0.29) is 11.8 Å². The summed E-state index contributed by atoms with van der Waals surface area (Å²) in [7, 11) is 3.91. The highest BCUT2D eigenvalue weighted by Crippen LogP contribution is 2.22. The second-order valence-corrected chi connectivity index (χ2v) is 6.72. The molecule has 2 aromatic rings. The monoisotopic (exact) mass is 355 g/mol. The molecule has 7 nitrogen and oxygen atoms in total. The molecule has 1 aromatic heterocycles. The normalized spacial score (nSPS) is 13.3. The van der Waals surface area contributed by atoms with Crippen molar-refractivity contribution in [2.45, 2.75) is 25.8 Å². The average Bonchev–Trinajstić information content (AvgIpc) is 3.02.